The highest BCUT2D eigenvalue weighted by atomic mass is 35.5. The Labute approximate surface area is 85.3 Å². The molecule has 0 radical (unpaired) electrons. The molecule has 0 saturated heterocycles. The van der Waals surface area contributed by atoms with Crippen LogP contribution in [-0.2, 0) is 6.61 Å². The Morgan fingerprint density at radius 1 is 1.50 bits per heavy atom. The molecule has 1 aromatic rings. The van der Waals surface area contributed by atoms with Gasteiger partial charge in [0.25, 0.3) is 6.43 Å². The Morgan fingerprint density at radius 2 is 2.07 bits per heavy atom. The van der Waals surface area contributed by atoms with Gasteiger partial charge in [-0.2, -0.15) is 5.10 Å². The van der Waals surface area contributed by atoms with Crippen molar-refractivity contribution in [2.45, 2.75) is 32.9 Å². The van der Waals surface area contributed by atoms with Crippen LogP contribution in [0.15, 0.2) is 0 Å². The van der Waals surface area contributed by atoms with Crippen LogP contribution in [0.25, 0.3) is 0 Å². The van der Waals surface area contributed by atoms with Gasteiger partial charge in [0.15, 0.2) is 5.15 Å². The molecule has 6 heteroatoms. The molecule has 14 heavy (non-hydrogen) atoms. The lowest BCUT2D eigenvalue weighted by Gasteiger charge is -2.10. The van der Waals surface area contributed by atoms with Crippen LogP contribution in [-0.4, -0.2) is 14.9 Å². The molecule has 0 spiro atoms. The van der Waals surface area contributed by atoms with E-state index in [1.807, 2.05) is 0 Å². The van der Waals surface area contributed by atoms with Crippen molar-refractivity contribution < 1.29 is 13.9 Å². The lowest BCUT2D eigenvalue weighted by atomic mass is 10.2. The SMILES string of the molecule is CC(C)n1nc(Cl)c(CO)c1C(F)F. The summed E-state index contributed by atoms with van der Waals surface area (Å²) >= 11 is 5.61. The maximum atomic E-state index is 12.6. The van der Waals surface area contributed by atoms with Gasteiger partial charge in [0.05, 0.1) is 6.61 Å². The fourth-order valence-electron chi connectivity index (χ4n) is 1.22. The van der Waals surface area contributed by atoms with Gasteiger partial charge in [0.1, 0.15) is 5.69 Å². The molecule has 0 saturated carbocycles. The van der Waals surface area contributed by atoms with Crippen LogP contribution >= 0.6 is 11.6 Å². The van der Waals surface area contributed by atoms with Gasteiger partial charge in [-0.05, 0) is 13.8 Å². The predicted octanol–water partition coefficient (Wildman–Crippen LogP) is 2.55. The molecule has 0 unspecified atom stereocenters. The number of halogens is 3. The van der Waals surface area contributed by atoms with Crippen molar-refractivity contribution in [1.29, 1.82) is 0 Å². The van der Waals surface area contributed by atoms with E-state index in [9.17, 15) is 8.78 Å². The molecular weight excluding hydrogens is 214 g/mol. The maximum Gasteiger partial charge on any atom is 0.280 e. The van der Waals surface area contributed by atoms with E-state index in [0.717, 1.165) is 4.68 Å². The second kappa shape index (κ2) is 4.23. The summed E-state index contributed by atoms with van der Waals surface area (Å²) in [5.41, 5.74) is -0.289. The van der Waals surface area contributed by atoms with E-state index >= 15 is 0 Å². The highest BCUT2D eigenvalue weighted by Crippen LogP contribution is 2.30. The number of aliphatic hydroxyl groups excluding tert-OH is 1. The minimum absolute atomic E-state index is 0.00960. The standard InChI is InChI=1S/C8H11ClF2N2O/c1-4(2)13-6(8(10)11)5(3-14)7(9)12-13/h4,8,14H,3H2,1-2H3. The number of aliphatic hydroxyl groups is 1. The van der Waals surface area contributed by atoms with Gasteiger partial charge >= 0.3 is 0 Å². The second-order valence-electron chi connectivity index (χ2n) is 3.15. The smallest absolute Gasteiger partial charge is 0.280 e. The summed E-state index contributed by atoms with van der Waals surface area (Å²) in [7, 11) is 0. The molecular formula is C8H11ClF2N2O. The maximum absolute atomic E-state index is 12.6. The fraction of sp³-hybridized carbons (Fsp3) is 0.625. The van der Waals surface area contributed by atoms with Crippen molar-refractivity contribution >= 4 is 11.6 Å². The first-order valence-corrected chi connectivity index (χ1v) is 4.52. The van der Waals surface area contributed by atoms with Gasteiger partial charge in [0.2, 0.25) is 0 Å². The monoisotopic (exact) mass is 224 g/mol. The van der Waals surface area contributed by atoms with Gasteiger partial charge in [0, 0.05) is 11.6 Å². The normalized spacial score (nSPS) is 11.7. The zero-order valence-corrected chi connectivity index (χ0v) is 8.59. The Hall–Kier alpha value is -0.680. The van der Waals surface area contributed by atoms with Gasteiger partial charge in [-0.3, -0.25) is 4.68 Å². The lowest BCUT2D eigenvalue weighted by molar-refractivity contribution is 0.133. The third kappa shape index (κ3) is 1.88. The number of hydrogen-bond acceptors (Lipinski definition) is 2. The van der Waals surface area contributed by atoms with E-state index < -0.39 is 13.0 Å². The van der Waals surface area contributed by atoms with E-state index in [-0.39, 0.29) is 22.5 Å². The van der Waals surface area contributed by atoms with E-state index in [0.29, 0.717) is 0 Å². The lowest BCUT2D eigenvalue weighted by Crippen LogP contribution is -2.08. The van der Waals surface area contributed by atoms with Crippen molar-refractivity contribution in [2.24, 2.45) is 0 Å². The van der Waals surface area contributed by atoms with Crippen molar-refractivity contribution in [3.05, 3.63) is 16.4 Å². The van der Waals surface area contributed by atoms with Crippen LogP contribution in [0, 0.1) is 0 Å². The molecule has 1 N–H and O–H groups in total. The van der Waals surface area contributed by atoms with Gasteiger partial charge in [-0.15, -0.1) is 0 Å². The fourth-order valence-corrected chi connectivity index (χ4v) is 1.46. The molecule has 0 aromatic carbocycles. The molecule has 0 aliphatic rings. The summed E-state index contributed by atoms with van der Waals surface area (Å²) in [5.74, 6) is 0. The van der Waals surface area contributed by atoms with E-state index in [1.54, 1.807) is 13.8 Å². The predicted molar refractivity (Wildman–Crippen MR) is 48.5 cm³/mol. The molecule has 80 valence electrons. The summed E-state index contributed by atoms with van der Waals surface area (Å²) in [6.07, 6.45) is -2.68. The van der Waals surface area contributed by atoms with Crippen molar-refractivity contribution in [3.63, 3.8) is 0 Å². The molecule has 1 aromatic heterocycles. The summed E-state index contributed by atoms with van der Waals surface area (Å²) in [4.78, 5) is 0. The van der Waals surface area contributed by atoms with Crippen molar-refractivity contribution in [2.75, 3.05) is 0 Å². The first-order valence-electron chi connectivity index (χ1n) is 4.14. The Bertz CT molecular complexity index is 325. The van der Waals surface area contributed by atoms with Crippen molar-refractivity contribution in [3.8, 4) is 0 Å². The highest BCUT2D eigenvalue weighted by molar-refractivity contribution is 6.30. The Balaban J connectivity index is 3.30. The van der Waals surface area contributed by atoms with Crippen LogP contribution < -0.4 is 0 Å². The molecule has 0 aliphatic carbocycles. The molecule has 0 fully saturated rings. The number of aromatic nitrogens is 2. The summed E-state index contributed by atoms with van der Waals surface area (Å²) in [6, 6.07) is -0.211. The number of rotatable bonds is 3. The molecule has 0 bridgehead atoms. The average Bonchev–Trinajstić information content (AvgIpc) is 2.42. The van der Waals surface area contributed by atoms with E-state index in [2.05, 4.69) is 5.10 Å². The zero-order valence-electron chi connectivity index (χ0n) is 7.84. The molecule has 0 amide bonds. The first-order chi connectivity index (χ1) is 6.49. The molecule has 1 rings (SSSR count). The zero-order chi connectivity index (χ0) is 10.9. The molecule has 1 heterocycles. The van der Waals surface area contributed by atoms with E-state index in [4.69, 9.17) is 16.7 Å². The first kappa shape index (κ1) is 11.4. The van der Waals surface area contributed by atoms with Crippen molar-refractivity contribution in [1.82, 2.24) is 9.78 Å². The summed E-state index contributed by atoms with van der Waals surface area (Å²) < 4.78 is 26.4. The van der Waals surface area contributed by atoms with Gasteiger partial charge < -0.3 is 5.11 Å². The van der Waals surface area contributed by atoms with E-state index in [1.165, 1.54) is 0 Å². The topological polar surface area (TPSA) is 38.0 Å². The summed E-state index contributed by atoms with van der Waals surface area (Å²) in [5, 5.41) is 12.6. The Kier molecular flexibility index (Phi) is 3.44. The third-order valence-corrected chi connectivity index (χ3v) is 2.16. The van der Waals surface area contributed by atoms with Crippen LogP contribution in [0.5, 0.6) is 0 Å². The van der Waals surface area contributed by atoms with Crippen LogP contribution in [0.4, 0.5) is 8.78 Å². The largest absolute Gasteiger partial charge is 0.391 e. The second-order valence-corrected chi connectivity index (χ2v) is 3.51. The Morgan fingerprint density at radius 3 is 2.43 bits per heavy atom. The quantitative estimate of drug-likeness (QED) is 0.857. The number of alkyl halides is 2. The minimum Gasteiger partial charge on any atom is -0.391 e. The molecule has 0 atom stereocenters. The number of nitrogens with zero attached hydrogens (tertiary/aromatic N) is 2. The third-order valence-electron chi connectivity index (χ3n) is 1.85. The van der Waals surface area contributed by atoms with Crippen LogP contribution in [0.2, 0.25) is 5.15 Å². The summed E-state index contributed by atoms with van der Waals surface area (Å²) in [6.45, 7) is 2.91. The minimum atomic E-state index is -2.68. The van der Waals surface area contributed by atoms with Gasteiger partial charge in [-0.25, -0.2) is 8.78 Å². The van der Waals surface area contributed by atoms with Gasteiger partial charge in [-0.1, -0.05) is 11.6 Å². The number of hydrogen-bond donors (Lipinski definition) is 1. The average molecular weight is 225 g/mol. The molecule has 0 aliphatic heterocycles. The highest BCUT2D eigenvalue weighted by Gasteiger charge is 2.24. The van der Waals surface area contributed by atoms with Crippen LogP contribution in [0.3, 0.4) is 0 Å². The molecule has 3 nitrogen and oxygen atoms in total. The van der Waals surface area contributed by atoms with Crippen LogP contribution in [0.1, 0.15) is 37.6 Å².